The maximum atomic E-state index is 12.2. The fraction of sp³-hybridized carbons (Fsp3) is 0.211. The largest absolute Gasteiger partial charge is 0.497 e. The van der Waals surface area contributed by atoms with E-state index >= 15 is 0 Å². The van der Waals surface area contributed by atoms with Gasteiger partial charge in [-0.1, -0.05) is 6.07 Å². The van der Waals surface area contributed by atoms with E-state index in [1.165, 1.54) is 11.8 Å². The molecule has 0 aliphatic rings. The van der Waals surface area contributed by atoms with E-state index in [1.807, 2.05) is 32.0 Å². The number of aryl methyl sites for hydroxylation is 2. The lowest BCUT2D eigenvalue weighted by Crippen LogP contribution is -2.13. The molecule has 0 aliphatic heterocycles. The van der Waals surface area contributed by atoms with Crippen molar-refractivity contribution in [3.05, 3.63) is 65.4 Å². The van der Waals surface area contributed by atoms with Crippen molar-refractivity contribution >= 4 is 11.6 Å². The summed E-state index contributed by atoms with van der Waals surface area (Å²) in [5, 5.41) is 2.86. The van der Waals surface area contributed by atoms with E-state index in [-0.39, 0.29) is 5.91 Å². The molecule has 0 bridgehead atoms. The highest BCUT2D eigenvalue weighted by atomic mass is 16.5. The molecule has 0 atom stereocenters. The van der Waals surface area contributed by atoms with Gasteiger partial charge in [0.25, 0.3) is 5.91 Å². The summed E-state index contributed by atoms with van der Waals surface area (Å²) in [4.78, 5) is 12.2. The Labute approximate surface area is 136 Å². The van der Waals surface area contributed by atoms with Crippen molar-refractivity contribution in [2.45, 2.75) is 20.8 Å². The molecule has 2 aromatic carbocycles. The van der Waals surface area contributed by atoms with Gasteiger partial charge in [0.15, 0.2) is 0 Å². The Bertz CT molecular complexity index is 718. The van der Waals surface area contributed by atoms with Gasteiger partial charge in [-0.3, -0.25) is 4.79 Å². The highest BCUT2D eigenvalue weighted by Crippen LogP contribution is 2.18. The maximum absolute atomic E-state index is 12.2. The molecule has 23 heavy (non-hydrogen) atoms. The second-order valence-corrected chi connectivity index (χ2v) is 5.35. The van der Waals surface area contributed by atoms with Crippen molar-refractivity contribution in [1.29, 1.82) is 0 Å². The van der Waals surface area contributed by atoms with Crippen LogP contribution in [0.25, 0.3) is 0 Å². The zero-order valence-electron chi connectivity index (χ0n) is 13.8. The van der Waals surface area contributed by atoms with Crippen LogP contribution in [0.15, 0.2) is 54.3 Å². The zero-order chi connectivity index (χ0) is 16.8. The van der Waals surface area contributed by atoms with Crippen LogP contribution in [0.5, 0.6) is 11.5 Å². The second-order valence-electron chi connectivity index (χ2n) is 5.35. The lowest BCUT2D eigenvalue weighted by Gasteiger charge is -2.08. The van der Waals surface area contributed by atoms with E-state index in [2.05, 4.69) is 5.32 Å². The van der Waals surface area contributed by atoms with Gasteiger partial charge in [0, 0.05) is 11.3 Å². The third-order valence-corrected chi connectivity index (χ3v) is 3.55. The molecule has 0 saturated carbocycles. The molecule has 120 valence electrons. The molecule has 0 aromatic heterocycles. The number of amides is 1. The molecule has 2 rings (SSSR count). The minimum absolute atomic E-state index is 0.193. The maximum Gasteiger partial charge on any atom is 0.254 e. The summed E-state index contributed by atoms with van der Waals surface area (Å²) >= 11 is 0. The van der Waals surface area contributed by atoms with Gasteiger partial charge in [0.1, 0.15) is 11.5 Å². The summed E-state index contributed by atoms with van der Waals surface area (Å²) in [5.74, 6) is 1.21. The highest BCUT2D eigenvalue weighted by Gasteiger charge is 2.06. The van der Waals surface area contributed by atoms with E-state index in [0.29, 0.717) is 11.3 Å². The molecular weight excluding hydrogens is 290 g/mol. The fourth-order valence-electron chi connectivity index (χ4n) is 1.91. The van der Waals surface area contributed by atoms with Gasteiger partial charge in [-0.2, -0.15) is 0 Å². The van der Waals surface area contributed by atoms with Crippen LogP contribution in [0.3, 0.4) is 0 Å². The van der Waals surface area contributed by atoms with Crippen molar-refractivity contribution in [3.63, 3.8) is 0 Å². The molecule has 2 aromatic rings. The molecule has 4 nitrogen and oxygen atoms in total. The summed E-state index contributed by atoms with van der Waals surface area (Å²) in [5.41, 5.74) is 3.59. The van der Waals surface area contributed by atoms with Crippen LogP contribution in [0, 0.1) is 13.8 Å². The van der Waals surface area contributed by atoms with E-state index in [0.717, 1.165) is 17.0 Å². The van der Waals surface area contributed by atoms with Gasteiger partial charge in [-0.25, -0.2) is 0 Å². The Balaban J connectivity index is 1.98. The summed E-state index contributed by atoms with van der Waals surface area (Å²) in [6, 6.07) is 13.0. The topological polar surface area (TPSA) is 47.6 Å². The SMILES string of the molecule is COc1ccc(O/C=C(\C)C(=O)Nc2ccc(C)c(C)c2)cc1. The van der Waals surface area contributed by atoms with Gasteiger partial charge in [-0.15, -0.1) is 0 Å². The molecular formula is C19H21NO3. The van der Waals surface area contributed by atoms with Crippen molar-refractivity contribution in [1.82, 2.24) is 0 Å². The van der Waals surface area contributed by atoms with Crippen molar-refractivity contribution in [3.8, 4) is 11.5 Å². The molecule has 1 N–H and O–H groups in total. The Morgan fingerprint density at radius 2 is 1.65 bits per heavy atom. The summed E-state index contributed by atoms with van der Waals surface area (Å²) in [6.07, 6.45) is 1.44. The number of methoxy groups -OCH3 is 1. The summed E-state index contributed by atoms with van der Waals surface area (Å²) < 4.78 is 10.6. The van der Waals surface area contributed by atoms with Crippen LogP contribution in [-0.4, -0.2) is 13.0 Å². The number of carbonyl (C=O) groups is 1. The summed E-state index contributed by atoms with van der Waals surface area (Å²) in [6.45, 7) is 5.76. The van der Waals surface area contributed by atoms with Crippen molar-refractivity contribution < 1.29 is 14.3 Å². The third-order valence-electron chi connectivity index (χ3n) is 3.55. The average Bonchev–Trinajstić information content (AvgIpc) is 2.56. The second kappa shape index (κ2) is 7.49. The number of rotatable bonds is 5. The number of benzene rings is 2. The number of carbonyl (C=O) groups excluding carboxylic acids is 1. The quantitative estimate of drug-likeness (QED) is 0.664. The zero-order valence-corrected chi connectivity index (χ0v) is 13.8. The lowest BCUT2D eigenvalue weighted by molar-refractivity contribution is -0.112. The predicted octanol–water partition coefficient (Wildman–Crippen LogP) is 4.23. The first-order chi connectivity index (χ1) is 11.0. The summed E-state index contributed by atoms with van der Waals surface area (Å²) in [7, 11) is 1.61. The van der Waals surface area contributed by atoms with Gasteiger partial charge in [-0.05, 0) is 68.3 Å². The first-order valence-electron chi connectivity index (χ1n) is 7.35. The first-order valence-corrected chi connectivity index (χ1v) is 7.35. The van der Waals surface area contributed by atoms with Crippen LogP contribution in [0.4, 0.5) is 5.69 Å². The Hall–Kier alpha value is -2.75. The van der Waals surface area contributed by atoms with Crippen LogP contribution >= 0.6 is 0 Å². The van der Waals surface area contributed by atoms with Crippen molar-refractivity contribution in [2.75, 3.05) is 12.4 Å². The first kappa shape index (κ1) is 16.6. The normalized spacial score (nSPS) is 11.0. The lowest BCUT2D eigenvalue weighted by atomic mass is 10.1. The van der Waals surface area contributed by atoms with Gasteiger partial charge in [0.05, 0.1) is 13.4 Å². The van der Waals surface area contributed by atoms with Crippen LogP contribution < -0.4 is 14.8 Å². The van der Waals surface area contributed by atoms with Gasteiger partial charge in [0.2, 0.25) is 0 Å². The molecule has 0 aliphatic carbocycles. The Morgan fingerprint density at radius 3 is 2.26 bits per heavy atom. The standard InChI is InChI=1S/C19H21NO3/c1-13-5-6-16(11-14(13)2)20-19(21)15(3)12-23-18-9-7-17(22-4)8-10-18/h5-12H,1-4H3,(H,20,21)/b15-12+. The molecule has 0 radical (unpaired) electrons. The van der Waals surface area contributed by atoms with E-state index < -0.39 is 0 Å². The fourth-order valence-corrected chi connectivity index (χ4v) is 1.91. The molecule has 0 heterocycles. The number of ether oxygens (including phenoxy) is 2. The molecule has 0 fully saturated rings. The number of hydrogen-bond donors (Lipinski definition) is 1. The molecule has 4 heteroatoms. The molecule has 0 unspecified atom stereocenters. The monoisotopic (exact) mass is 311 g/mol. The van der Waals surface area contributed by atoms with E-state index in [1.54, 1.807) is 38.3 Å². The van der Waals surface area contributed by atoms with E-state index in [9.17, 15) is 4.79 Å². The molecule has 1 amide bonds. The van der Waals surface area contributed by atoms with Crippen molar-refractivity contribution in [2.24, 2.45) is 0 Å². The number of hydrogen-bond acceptors (Lipinski definition) is 3. The minimum Gasteiger partial charge on any atom is -0.497 e. The van der Waals surface area contributed by atoms with Gasteiger partial charge < -0.3 is 14.8 Å². The smallest absolute Gasteiger partial charge is 0.254 e. The third kappa shape index (κ3) is 4.61. The van der Waals surface area contributed by atoms with Gasteiger partial charge >= 0.3 is 0 Å². The minimum atomic E-state index is -0.193. The predicted molar refractivity (Wildman–Crippen MR) is 91.9 cm³/mol. The highest BCUT2D eigenvalue weighted by molar-refractivity contribution is 6.03. The number of nitrogens with one attached hydrogen (secondary N) is 1. The average molecular weight is 311 g/mol. The van der Waals surface area contributed by atoms with E-state index in [4.69, 9.17) is 9.47 Å². The Kier molecular flexibility index (Phi) is 5.41. The molecule has 0 saturated heterocycles. The van der Waals surface area contributed by atoms with Crippen LogP contribution in [0.2, 0.25) is 0 Å². The van der Waals surface area contributed by atoms with Crippen LogP contribution in [-0.2, 0) is 4.79 Å². The number of anilines is 1. The van der Waals surface area contributed by atoms with Crippen LogP contribution in [0.1, 0.15) is 18.1 Å². The Morgan fingerprint density at radius 1 is 1.00 bits per heavy atom. The molecule has 0 spiro atoms.